The third kappa shape index (κ3) is 3.29. The number of nitrogens with zero attached hydrogens (tertiary/aromatic N) is 3. The van der Waals surface area contributed by atoms with Crippen LogP contribution >= 0.6 is 11.3 Å². The highest BCUT2D eigenvalue weighted by atomic mass is 32.1. The van der Waals surface area contributed by atoms with Crippen molar-refractivity contribution in [3.8, 4) is 0 Å². The normalized spacial score (nSPS) is 11.1. The number of rotatable bonds is 5. The lowest BCUT2D eigenvalue weighted by Crippen LogP contribution is -2.04. The maximum absolute atomic E-state index is 11.5. The molecule has 2 aromatic heterocycles. The summed E-state index contributed by atoms with van der Waals surface area (Å²) in [5.41, 5.74) is 1.37. The molecular weight excluding hydrogens is 262 g/mol. The van der Waals surface area contributed by atoms with E-state index >= 15 is 0 Å². The van der Waals surface area contributed by atoms with E-state index < -0.39 is 0 Å². The second kappa shape index (κ2) is 6.29. The van der Waals surface area contributed by atoms with E-state index in [1.165, 1.54) is 11.3 Å². The van der Waals surface area contributed by atoms with E-state index in [-0.39, 0.29) is 5.97 Å². The van der Waals surface area contributed by atoms with Crippen LogP contribution in [0, 0.1) is 0 Å². The zero-order valence-corrected chi connectivity index (χ0v) is 11.7. The van der Waals surface area contributed by atoms with Crippen LogP contribution in [0.25, 0.3) is 12.2 Å². The first-order valence-electron chi connectivity index (χ1n) is 6.07. The Morgan fingerprint density at radius 2 is 2.32 bits per heavy atom. The highest BCUT2D eigenvalue weighted by Gasteiger charge is 2.10. The van der Waals surface area contributed by atoms with E-state index in [9.17, 15) is 4.79 Å². The second-order valence-electron chi connectivity index (χ2n) is 3.70. The summed E-state index contributed by atoms with van der Waals surface area (Å²) in [5.74, 6) is -0.378. The minimum Gasteiger partial charge on any atom is -0.461 e. The van der Waals surface area contributed by atoms with E-state index in [4.69, 9.17) is 4.74 Å². The van der Waals surface area contributed by atoms with Crippen LogP contribution in [-0.4, -0.2) is 27.3 Å². The van der Waals surface area contributed by atoms with E-state index in [1.54, 1.807) is 18.5 Å². The Balaban J connectivity index is 2.10. The summed E-state index contributed by atoms with van der Waals surface area (Å²) in [7, 11) is 0. The van der Waals surface area contributed by atoms with Crippen LogP contribution in [0.15, 0.2) is 17.6 Å². The van der Waals surface area contributed by atoms with Gasteiger partial charge in [-0.2, -0.15) is 5.10 Å². The SMILES string of the molecule is CCOC(=O)c1csc(/C=C/c2ccnn2CC)n1. The van der Waals surface area contributed by atoms with E-state index in [0.29, 0.717) is 12.3 Å². The van der Waals surface area contributed by atoms with Gasteiger partial charge in [-0.15, -0.1) is 11.3 Å². The molecule has 19 heavy (non-hydrogen) atoms. The van der Waals surface area contributed by atoms with E-state index in [2.05, 4.69) is 10.1 Å². The fourth-order valence-electron chi connectivity index (χ4n) is 1.57. The third-order valence-electron chi connectivity index (χ3n) is 2.45. The van der Waals surface area contributed by atoms with Gasteiger partial charge in [-0.3, -0.25) is 4.68 Å². The van der Waals surface area contributed by atoms with E-state index in [0.717, 1.165) is 17.2 Å². The predicted octanol–water partition coefficient (Wildman–Crippen LogP) is 2.71. The lowest BCUT2D eigenvalue weighted by Gasteiger charge is -1.97. The smallest absolute Gasteiger partial charge is 0.357 e. The van der Waals surface area contributed by atoms with Crippen molar-refractivity contribution in [3.63, 3.8) is 0 Å². The molecule has 0 spiro atoms. The van der Waals surface area contributed by atoms with Crippen LogP contribution in [0.4, 0.5) is 0 Å². The first-order chi connectivity index (χ1) is 9.24. The fraction of sp³-hybridized carbons (Fsp3) is 0.308. The van der Waals surface area contributed by atoms with Gasteiger partial charge in [0.1, 0.15) is 5.01 Å². The number of carbonyl (C=O) groups is 1. The Morgan fingerprint density at radius 1 is 1.47 bits per heavy atom. The summed E-state index contributed by atoms with van der Waals surface area (Å²) in [6.07, 6.45) is 5.57. The van der Waals surface area contributed by atoms with Crippen molar-refractivity contribution in [1.82, 2.24) is 14.8 Å². The molecule has 0 saturated heterocycles. The van der Waals surface area contributed by atoms with Gasteiger partial charge in [0, 0.05) is 18.1 Å². The minimum atomic E-state index is -0.378. The first-order valence-corrected chi connectivity index (χ1v) is 6.95. The van der Waals surface area contributed by atoms with Gasteiger partial charge >= 0.3 is 5.97 Å². The molecule has 0 saturated carbocycles. The molecule has 0 radical (unpaired) electrons. The lowest BCUT2D eigenvalue weighted by atomic mass is 10.3. The van der Waals surface area contributed by atoms with Crippen LogP contribution in [0.1, 0.15) is 35.0 Å². The Labute approximate surface area is 115 Å². The Kier molecular flexibility index (Phi) is 4.46. The van der Waals surface area contributed by atoms with Gasteiger partial charge in [-0.1, -0.05) is 0 Å². The molecule has 0 unspecified atom stereocenters. The first kappa shape index (κ1) is 13.5. The highest BCUT2D eigenvalue weighted by Crippen LogP contribution is 2.14. The van der Waals surface area contributed by atoms with Crippen LogP contribution < -0.4 is 0 Å². The average Bonchev–Trinajstić information content (AvgIpc) is 3.05. The van der Waals surface area contributed by atoms with Gasteiger partial charge in [0.2, 0.25) is 0 Å². The maximum Gasteiger partial charge on any atom is 0.357 e. The number of hydrogen-bond acceptors (Lipinski definition) is 5. The van der Waals surface area contributed by atoms with Crippen LogP contribution in [0.5, 0.6) is 0 Å². The molecule has 0 aromatic carbocycles. The number of carbonyl (C=O) groups excluding carboxylic acids is 1. The number of thiazole rings is 1. The topological polar surface area (TPSA) is 57.0 Å². The molecule has 0 bridgehead atoms. The van der Waals surface area contributed by atoms with Gasteiger partial charge in [-0.25, -0.2) is 9.78 Å². The van der Waals surface area contributed by atoms with Crippen molar-refractivity contribution in [2.75, 3.05) is 6.61 Å². The molecule has 0 aliphatic carbocycles. The molecule has 2 rings (SSSR count). The van der Waals surface area contributed by atoms with Gasteiger partial charge in [0.15, 0.2) is 5.69 Å². The zero-order chi connectivity index (χ0) is 13.7. The van der Waals surface area contributed by atoms with Crippen molar-refractivity contribution in [3.05, 3.63) is 34.0 Å². The molecule has 0 amide bonds. The van der Waals surface area contributed by atoms with Crippen LogP contribution in [0.2, 0.25) is 0 Å². The Hall–Kier alpha value is -1.95. The molecule has 100 valence electrons. The standard InChI is InChI=1S/C13H15N3O2S/c1-3-16-10(7-8-14-16)5-6-12-15-11(9-19-12)13(17)18-4-2/h5-9H,3-4H2,1-2H3/b6-5+. The molecule has 0 atom stereocenters. The molecule has 5 nitrogen and oxygen atoms in total. The summed E-state index contributed by atoms with van der Waals surface area (Å²) >= 11 is 1.41. The van der Waals surface area contributed by atoms with Crippen molar-refractivity contribution in [2.45, 2.75) is 20.4 Å². The summed E-state index contributed by atoms with van der Waals surface area (Å²) < 4.78 is 6.78. The molecule has 0 fully saturated rings. The number of aromatic nitrogens is 3. The van der Waals surface area contributed by atoms with E-state index in [1.807, 2.05) is 29.8 Å². The number of esters is 1. The minimum absolute atomic E-state index is 0.357. The van der Waals surface area contributed by atoms with Crippen molar-refractivity contribution in [2.24, 2.45) is 0 Å². The van der Waals surface area contributed by atoms with Gasteiger partial charge < -0.3 is 4.74 Å². The summed E-state index contributed by atoms with van der Waals surface area (Å²) in [6.45, 7) is 4.99. The Bertz CT molecular complexity index is 586. The summed E-state index contributed by atoms with van der Waals surface area (Å²) in [4.78, 5) is 15.7. The quantitative estimate of drug-likeness (QED) is 0.788. The molecular formula is C13H15N3O2S. The molecule has 0 N–H and O–H groups in total. The average molecular weight is 277 g/mol. The van der Waals surface area contributed by atoms with Gasteiger partial charge in [-0.05, 0) is 32.1 Å². The van der Waals surface area contributed by atoms with Gasteiger partial charge in [0.05, 0.1) is 12.3 Å². The zero-order valence-electron chi connectivity index (χ0n) is 10.9. The maximum atomic E-state index is 11.5. The van der Waals surface area contributed by atoms with Crippen molar-refractivity contribution >= 4 is 29.5 Å². The second-order valence-corrected chi connectivity index (χ2v) is 4.59. The fourth-order valence-corrected chi connectivity index (χ4v) is 2.25. The molecule has 2 aromatic rings. The molecule has 2 heterocycles. The van der Waals surface area contributed by atoms with Crippen molar-refractivity contribution in [1.29, 1.82) is 0 Å². The molecule has 0 aliphatic heterocycles. The monoisotopic (exact) mass is 277 g/mol. The largest absolute Gasteiger partial charge is 0.461 e. The molecule has 0 aliphatic rings. The van der Waals surface area contributed by atoms with Crippen LogP contribution in [0.3, 0.4) is 0 Å². The third-order valence-corrected chi connectivity index (χ3v) is 3.26. The number of hydrogen-bond donors (Lipinski definition) is 0. The highest BCUT2D eigenvalue weighted by molar-refractivity contribution is 7.10. The lowest BCUT2D eigenvalue weighted by molar-refractivity contribution is 0.0520. The van der Waals surface area contributed by atoms with Gasteiger partial charge in [0.25, 0.3) is 0 Å². The van der Waals surface area contributed by atoms with Crippen LogP contribution in [-0.2, 0) is 11.3 Å². The number of aryl methyl sites for hydroxylation is 1. The van der Waals surface area contributed by atoms with Crippen molar-refractivity contribution < 1.29 is 9.53 Å². The predicted molar refractivity (Wildman–Crippen MR) is 74.9 cm³/mol. The summed E-state index contributed by atoms with van der Waals surface area (Å²) in [6, 6.07) is 1.93. The Morgan fingerprint density at radius 3 is 3.05 bits per heavy atom. The number of ether oxygens (including phenoxy) is 1. The molecule has 6 heteroatoms. The summed E-state index contributed by atoms with van der Waals surface area (Å²) in [5, 5.41) is 6.65.